The number of nitrogens with two attached hydrogens (primary N) is 1. The molecular formula is C14H20N2OS. The van der Waals surface area contributed by atoms with Gasteiger partial charge in [-0.05, 0) is 31.0 Å². The van der Waals surface area contributed by atoms with Gasteiger partial charge in [0.1, 0.15) is 0 Å². The Balaban J connectivity index is 2.25. The molecule has 4 heteroatoms. The highest BCUT2D eigenvalue weighted by atomic mass is 32.2. The molecule has 0 unspecified atom stereocenters. The SMILES string of the molecule is CN(C)C(=O)c1ccc(N)cc1SC1CCCC1. The number of amides is 1. The molecule has 18 heavy (non-hydrogen) atoms. The Labute approximate surface area is 113 Å². The fourth-order valence-electron chi connectivity index (χ4n) is 2.24. The van der Waals surface area contributed by atoms with Gasteiger partial charge in [-0.1, -0.05) is 12.8 Å². The molecule has 3 nitrogen and oxygen atoms in total. The molecule has 1 aliphatic carbocycles. The van der Waals surface area contributed by atoms with E-state index in [2.05, 4.69) is 0 Å². The highest BCUT2D eigenvalue weighted by Crippen LogP contribution is 2.37. The number of rotatable bonds is 3. The Morgan fingerprint density at radius 2 is 2.00 bits per heavy atom. The molecule has 0 bridgehead atoms. The fourth-order valence-corrected chi connectivity index (χ4v) is 3.65. The number of hydrogen-bond donors (Lipinski definition) is 1. The van der Waals surface area contributed by atoms with Crippen molar-refractivity contribution in [1.82, 2.24) is 4.90 Å². The second kappa shape index (κ2) is 5.65. The van der Waals surface area contributed by atoms with Gasteiger partial charge < -0.3 is 10.6 Å². The third kappa shape index (κ3) is 2.99. The quantitative estimate of drug-likeness (QED) is 0.854. The van der Waals surface area contributed by atoms with Crippen molar-refractivity contribution < 1.29 is 4.79 Å². The van der Waals surface area contributed by atoms with Crippen molar-refractivity contribution in [3.8, 4) is 0 Å². The minimum Gasteiger partial charge on any atom is -0.399 e. The zero-order valence-corrected chi connectivity index (χ0v) is 11.8. The number of anilines is 1. The van der Waals surface area contributed by atoms with E-state index in [1.54, 1.807) is 25.1 Å². The first-order chi connectivity index (χ1) is 8.58. The number of thioether (sulfide) groups is 1. The van der Waals surface area contributed by atoms with Crippen molar-refractivity contribution in [3.63, 3.8) is 0 Å². The summed E-state index contributed by atoms with van der Waals surface area (Å²) in [4.78, 5) is 14.8. The molecule has 2 rings (SSSR count). The van der Waals surface area contributed by atoms with Gasteiger partial charge in [0.2, 0.25) is 0 Å². The van der Waals surface area contributed by atoms with Crippen LogP contribution in [-0.2, 0) is 0 Å². The van der Waals surface area contributed by atoms with Crippen LogP contribution < -0.4 is 5.73 Å². The van der Waals surface area contributed by atoms with Crippen LogP contribution in [0.25, 0.3) is 0 Å². The van der Waals surface area contributed by atoms with E-state index in [-0.39, 0.29) is 5.91 Å². The lowest BCUT2D eigenvalue weighted by Crippen LogP contribution is -2.22. The average molecular weight is 264 g/mol. The van der Waals surface area contributed by atoms with Crippen LogP contribution in [0.5, 0.6) is 0 Å². The Morgan fingerprint density at radius 1 is 1.33 bits per heavy atom. The molecule has 1 aromatic rings. The van der Waals surface area contributed by atoms with Crippen LogP contribution in [-0.4, -0.2) is 30.2 Å². The van der Waals surface area contributed by atoms with Gasteiger partial charge in [-0.3, -0.25) is 4.79 Å². The summed E-state index contributed by atoms with van der Waals surface area (Å²) in [7, 11) is 3.56. The van der Waals surface area contributed by atoms with Crippen molar-refractivity contribution in [3.05, 3.63) is 23.8 Å². The lowest BCUT2D eigenvalue weighted by molar-refractivity contribution is 0.0824. The number of hydrogen-bond acceptors (Lipinski definition) is 3. The van der Waals surface area contributed by atoms with E-state index < -0.39 is 0 Å². The van der Waals surface area contributed by atoms with E-state index in [4.69, 9.17) is 5.73 Å². The van der Waals surface area contributed by atoms with Crippen LogP contribution in [0.4, 0.5) is 5.69 Å². The van der Waals surface area contributed by atoms with Crippen LogP contribution in [0.2, 0.25) is 0 Å². The van der Waals surface area contributed by atoms with Crippen LogP contribution in [0.1, 0.15) is 36.0 Å². The van der Waals surface area contributed by atoms with E-state index in [0.29, 0.717) is 5.25 Å². The third-order valence-corrected chi connectivity index (χ3v) is 4.63. The van der Waals surface area contributed by atoms with E-state index in [1.165, 1.54) is 25.7 Å². The highest BCUT2D eigenvalue weighted by molar-refractivity contribution is 8.00. The Bertz CT molecular complexity index is 439. The topological polar surface area (TPSA) is 46.3 Å². The largest absolute Gasteiger partial charge is 0.399 e. The second-order valence-corrected chi connectivity index (χ2v) is 6.32. The van der Waals surface area contributed by atoms with Crippen LogP contribution in [0, 0.1) is 0 Å². The maximum atomic E-state index is 12.1. The lowest BCUT2D eigenvalue weighted by atomic mass is 10.2. The molecule has 2 N–H and O–H groups in total. The summed E-state index contributed by atoms with van der Waals surface area (Å²) >= 11 is 1.81. The summed E-state index contributed by atoms with van der Waals surface area (Å²) in [5, 5.41) is 0.639. The summed E-state index contributed by atoms with van der Waals surface area (Å²) in [6, 6.07) is 5.57. The zero-order chi connectivity index (χ0) is 13.1. The maximum absolute atomic E-state index is 12.1. The average Bonchev–Trinajstić information content (AvgIpc) is 2.81. The van der Waals surface area contributed by atoms with Gasteiger partial charge in [-0.25, -0.2) is 0 Å². The first-order valence-electron chi connectivity index (χ1n) is 6.36. The first-order valence-corrected chi connectivity index (χ1v) is 7.23. The molecule has 0 radical (unpaired) electrons. The van der Waals surface area contributed by atoms with Crippen molar-refractivity contribution in [1.29, 1.82) is 0 Å². The van der Waals surface area contributed by atoms with Crippen molar-refractivity contribution >= 4 is 23.4 Å². The minimum absolute atomic E-state index is 0.0514. The molecular weight excluding hydrogens is 244 g/mol. The molecule has 0 heterocycles. The normalized spacial score (nSPS) is 15.9. The van der Waals surface area contributed by atoms with Gasteiger partial charge in [-0.15, -0.1) is 11.8 Å². The van der Waals surface area contributed by atoms with Crippen LogP contribution in [0.3, 0.4) is 0 Å². The zero-order valence-electron chi connectivity index (χ0n) is 11.0. The molecule has 0 atom stereocenters. The second-order valence-electron chi connectivity index (χ2n) is 4.98. The van der Waals surface area contributed by atoms with E-state index in [0.717, 1.165) is 16.1 Å². The molecule has 98 valence electrons. The monoisotopic (exact) mass is 264 g/mol. The summed E-state index contributed by atoms with van der Waals surface area (Å²) in [6.45, 7) is 0. The Kier molecular flexibility index (Phi) is 4.17. The number of carbonyl (C=O) groups excluding carboxylic acids is 1. The van der Waals surface area contributed by atoms with Crippen LogP contribution >= 0.6 is 11.8 Å². The smallest absolute Gasteiger partial charge is 0.254 e. The van der Waals surface area contributed by atoms with Crippen molar-refractivity contribution in [2.24, 2.45) is 0 Å². The minimum atomic E-state index is 0.0514. The maximum Gasteiger partial charge on any atom is 0.254 e. The summed E-state index contributed by atoms with van der Waals surface area (Å²) in [5.41, 5.74) is 7.34. The van der Waals surface area contributed by atoms with Gasteiger partial charge >= 0.3 is 0 Å². The van der Waals surface area contributed by atoms with E-state index in [1.807, 2.05) is 23.9 Å². The number of nitrogens with zero attached hydrogens (tertiary/aromatic N) is 1. The van der Waals surface area contributed by atoms with Gasteiger partial charge in [0.05, 0.1) is 5.56 Å². The summed E-state index contributed by atoms with van der Waals surface area (Å²) in [5.74, 6) is 0.0514. The molecule has 0 saturated heterocycles. The molecule has 0 spiro atoms. The van der Waals surface area contributed by atoms with Crippen molar-refractivity contribution in [2.75, 3.05) is 19.8 Å². The Morgan fingerprint density at radius 3 is 2.61 bits per heavy atom. The third-order valence-electron chi connectivity index (χ3n) is 3.24. The molecule has 1 saturated carbocycles. The van der Waals surface area contributed by atoms with Gasteiger partial charge in [0.25, 0.3) is 5.91 Å². The summed E-state index contributed by atoms with van der Waals surface area (Å²) in [6.07, 6.45) is 5.10. The van der Waals surface area contributed by atoms with Gasteiger partial charge in [-0.2, -0.15) is 0 Å². The fraction of sp³-hybridized carbons (Fsp3) is 0.500. The van der Waals surface area contributed by atoms with Crippen molar-refractivity contribution in [2.45, 2.75) is 35.8 Å². The number of nitrogen functional groups attached to an aromatic ring is 1. The van der Waals surface area contributed by atoms with Gasteiger partial charge in [0, 0.05) is 29.9 Å². The predicted octanol–water partition coefficient (Wildman–Crippen LogP) is 3.01. The number of carbonyl (C=O) groups is 1. The Hall–Kier alpha value is -1.16. The predicted molar refractivity (Wildman–Crippen MR) is 77.0 cm³/mol. The van der Waals surface area contributed by atoms with E-state index >= 15 is 0 Å². The highest BCUT2D eigenvalue weighted by Gasteiger charge is 2.20. The molecule has 0 aliphatic heterocycles. The molecule has 1 fully saturated rings. The molecule has 1 amide bonds. The number of benzene rings is 1. The standard InChI is InChI=1S/C14H20N2OS/c1-16(2)14(17)12-8-7-10(15)9-13(12)18-11-5-3-4-6-11/h7-9,11H,3-6,15H2,1-2H3. The lowest BCUT2D eigenvalue weighted by Gasteiger charge is -2.16. The van der Waals surface area contributed by atoms with E-state index in [9.17, 15) is 4.79 Å². The summed E-state index contributed by atoms with van der Waals surface area (Å²) < 4.78 is 0. The molecule has 1 aromatic carbocycles. The first kappa shape index (κ1) is 13.3. The van der Waals surface area contributed by atoms with Gasteiger partial charge in [0.15, 0.2) is 0 Å². The molecule has 1 aliphatic rings. The van der Waals surface area contributed by atoms with Crippen LogP contribution in [0.15, 0.2) is 23.1 Å². The molecule has 0 aromatic heterocycles.